The summed E-state index contributed by atoms with van der Waals surface area (Å²) in [5.74, 6) is 1.26. The molecule has 0 radical (unpaired) electrons. The average molecular weight is 190 g/mol. The summed E-state index contributed by atoms with van der Waals surface area (Å²) in [6, 6.07) is 0. The highest BCUT2D eigenvalue weighted by atomic mass is 32.2. The fraction of sp³-hybridized carbons (Fsp3) is 1.00. The van der Waals surface area contributed by atoms with Crippen molar-refractivity contribution < 1.29 is 0 Å². The van der Waals surface area contributed by atoms with Crippen molar-refractivity contribution in [3.63, 3.8) is 0 Å². The van der Waals surface area contributed by atoms with Gasteiger partial charge in [0.25, 0.3) is 0 Å². The van der Waals surface area contributed by atoms with Gasteiger partial charge < -0.3 is 10.6 Å². The van der Waals surface area contributed by atoms with Crippen molar-refractivity contribution in [3.05, 3.63) is 0 Å². The molecule has 0 saturated carbocycles. The van der Waals surface area contributed by atoms with Crippen LogP contribution in [0.25, 0.3) is 0 Å². The van der Waals surface area contributed by atoms with E-state index >= 15 is 0 Å². The maximum Gasteiger partial charge on any atom is 0.00307 e. The Morgan fingerprint density at radius 3 is 2.58 bits per heavy atom. The number of nitrogens with zero attached hydrogens (tertiary/aromatic N) is 1. The average Bonchev–Trinajstić information content (AvgIpc) is 1.98. The van der Waals surface area contributed by atoms with Crippen LogP contribution in [0, 0.1) is 0 Å². The van der Waals surface area contributed by atoms with Crippen LogP contribution >= 0.6 is 11.8 Å². The Bertz CT molecular complexity index is 96.5. The number of hydrogen-bond acceptors (Lipinski definition) is 3. The van der Waals surface area contributed by atoms with Gasteiger partial charge in [-0.05, 0) is 45.8 Å². The highest BCUT2D eigenvalue weighted by Crippen LogP contribution is 2.13. The highest BCUT2D eigenvalue weighted by molar-refractivity contribution is 7.99. The van der Waals surface area contributed by atoms with Gasteiger partial charge in [-0.15, -0.1) is 0 Å². The molecule has 0 spiro atoms. The number of nitrogens with two attached hydrogens (primary N) is 1. The second kappa shape index (κ2) is 7.90. The largest absolute Gasteiger partial charge is 0.330 e. The van der Waals surface area contributed by atoms with Crippen molar-refractivity contribution in [2.45, 2.75) is 25.0 Å². The molecule has 0 aliphatic carbocycles. The summed E-state index contributed by atoms with van der Waals surface area (Å²) in [5.41, 5.74) is 5.46. The monoisotopic (exact) mass is 190 g/mol. The molecule has 1 atom stereocenters. The minimum atomic E-state index is 0.733. The van der Waals surface area contributed by atoms with E-state index in [2.05, 4.69) is 25.9 Å². The molecule has 2 nitrogen and oxygen atoms in total. The van der Waals surface area contributed by atoms with E-state index in [-0.39, 0.29) is 0 Å². The van der Waals surface area contributed by atoms with Gasteiger partial charge in [0.05, 0.1) is 0 Å². The van der Waals surface area contributed by atoms with Gasteiger partial charge in [-0.2, -0.15) is 11.8 Å². The van der Waals surface area contributed by atoms with E-state index in [1.54, 1.807) is 0 Å². The zero-order valence-corrected chi connectivity index (χ0v) is 9.36. The van der Waals surface area contributed by atoms with Crippen molar-refractivity contribution in [2.75, 3.05) is 32.9 Å². The number of rotatable bonds is 7. The molecule has 0 amide bonds. The first-order valence-corrected chi connectivity index (χ1v) is 5.68. The van der Waals surface area contributed by atoms with Gasteiger partial charge in [-0.1, -0.05) is 6.92 Å². The first kappa shape index (κ1) is 12.3. The summed E-state index contributed by atoms with van der Waals surface area (Å²) in [7, 11) is 4.24. The Balaban J connectivity index is 3.08. The maximum absolute atomic E-state index is 5.46. The summed E-state index contributed by atoms with van der Waals surface area (Å²) in [5, 5.41) is 0.733. The normalized spacial score (nSPS) is 13.8. The molecule has 0 saturated heterocycles. The third kappa shape index (κ3) is 8.37. The topological polar surface area (TPSA) is 29.3 Å². The predicted molar refractivity (Wildman–Crippen MR) is 58.8 cm³/mol. The molecule has 74 valence electrons. The van der Waals surface area contributed by atoms with Gasteiger partial charge >= 0.3 is 0 Å². The summed E-state index contributed by atoms with van der Waals surface area (Å²) in [4.78, 5) is 2.23. The van der Waals surface area contributed by atoms with Crippen LogP contribution in [0.1, 0.15) is 19.8 Å². The molecule has 0 aromatic carbocycles. The van der Waals surface area contributed by atoms with Crippen LogP contribution in [-0.4, -0.2) is 43.1 Å². The summed E-state index contributed by atoms with van der Waals surface area (Å²) in [6.07, 6.45) is 2.43. The van der Waals surface area contributed by atoms with Gasteiger partial charge in [-0.25, -0.2) is 0 Å². The van der Waals surface area contributed by atoms with Gasteiger partial charge in [0.1, 0.15) is 0 Å². The van der Waals surface area contributed by atoms with E-state index in [0.29, 0.717) is 0 Å². The van der Waals surface area contributed by atoms with Crippen molar-refractivity contribution >= 4 is 11.8 Å². The second-order valence-corrected chi connectivity index (χ2v) is 4.96. The van der Waals surface area contributed by atoms with E-state index in [1.165, 1.54) is 18.7 Å². The van der Waals surface area contributed by atoms with Crippen LogP contribution in [0.15, 0.2) is 0 Å². The smallest absolute Gasteiger partial charge is 0.00307 e. The van der Waals surface area contributed by atoms with Crippen molar-refractivity contribution in [1.82, 2.24) is 4.90 Å². The molecule has 0 aliphatic heterocycles. The first-order valence-electron chi connectivity index (χ1n) is 4.63. The lowest BCUT2D eigenvalue weighted by Crippen LogP contribution is -2.14. The quantitative estimate of drug-likeness (QED) is 0.616. The zero-order valence-electron chi connectivity index (χ0n) is 8.55. The molecule has 0 heterocycles. The van der Waals surface area contributed by atoms with E-state index in [1.807, 2.05) is 11.8 Å². The SMILES string of the molecule is CC(CCN)SCCCN(C)C. The zero-order chi connectivity index (χ0) is 9.40. The molecule has 0 rings (SSSR count). The van der Waals surface area contributed by atoms with Crippen LogP contribution in [0.2, 0.25) is 0 Å². The summed E-state index contributed by atoms with van der Waals surface area (Å²) in [6.45, 7) is 4.28. The molecule has 0 bridgehead atoms. The first-order chi connectivity index (χ1) is 5.66. The molecule has 0 fully saturated rings. The maximum atomic E-state index is 5.46. The lowest BCUT2D eigenvalue weighted by atomic mass is 10.3. The Labute approximate surface area is 80.9 Å². The second-order valence-electron chi connectivity index (χ2n) is 3.42. The lowest BCUT2D eigenvalue weighted by Gasteiger charge is -2.11. The van der Waals surface area contributed by atoms with E-state index in [0.717, 1.165) is 18.2 Å². The standard InChI is InChI=1S/C9H22N2S/c1-9(5-6-10)12-8-4-7-11(2)3/h9H,4-8,10H2,1-3H3. The Kier molecular flexibility index (Phi) is 8.07. The molecular weight excluding hydrogens is 168 g/mol. The van der Waals surface area contributed by atoms with Gasteiger partial charge in [0.2, 0.25) is 0 Å². The third-order valence-corrected chi connectivity index (χ3v) is 3.05. The van der Waals surface area contributed by atoms with Crippen molar-refractivity contribution in [3.8, 4) is 0 Å². The van der Waals surface area contributed by atoms with Gasteiger partial charge in [0, 0.05) is 5.25 Å². The van der Waals surface area contributed by atoms with Gasteiger partial charge in [-0.3, -0.25) is 0 Å². The molecule has 0 aromatic heterocycles. The number of thioether (sulfide) groups is 1. The number of hydrogen-bond donors (Lipinski definition) is 1. The molecule has 0 aromatic rings. The Hall–Kier alpha value is 0.270. The fourth-order valence-corrected chi connectivity index (χ4v) is 1.98. The fourth-order valence-electron chi connectivity index (χ4n) is 0.983. The third-order valence-electron chi connectivity index (χ3n) is 1.73. The van der Waals surface area contributed by atoms with Crippen LogP contribution < -0.4 is 5.73 Å². The van der Waals surface area contributed by atoms with Crippen molar-refractivity contribution in [1.29, 1.82) is 0 Å². The Morgan fingerprint density at radius 1 is 1.42 bits per heavy atom. The summed E-state index contributed by atoms with van der Waals surface area (Å²) >= 11 is 2.04. The van der Waals surface area contributed by atoms with Crippen molar-refractivity contribution in [2.24, 2.45) is 5.73 Å². The molecule has 0 aliphatic rings. The van der Waals surface area contributed by atoms with Crippen LogP contribution in [0.3, 0.4) is 0 Å². The minimum absolute atomic E-state index is 0.733. The molecule has 2 N–H and O–H groups in total. The summed E-state index contributed by atoms with van der Waals surface area (Å²) < 4.78 is 0. The van der Waals surface area contributed by atoms with E-state index < -0.39 is 0 Å². The Morgan fingerprint density at radius 2 is 2.08 bits per heavy atom. The highest BCUT2D eigenvalue weighted by Gasteiger charge is 2.00. The lowest BCUT2D eigenvalue weighted by molar-refractivity contribution is 0.410. The minimum Gasteiger partial charge on any atom is -0.330 e. The predicted octanol–water partition coefficient (Wildman–Crippen LogP) is 1.41. The molecule has 12 heavy (non-hydrogen) atoms. The van der Waals surface area contributed by atoms with Crippen LogP contribution in [0.4, 0.5) is 0 Å². The van der Waals surface area contributed by atoms with E-state index in [9.17, 15) is 0 Å². The van der Waals surface area contributed by atoms with Crippen LogP contribution in [-0.2, 0) is 0 Å². The molecular formula is C9H22N2S. The molecule has 3 heteroatoms. The molecule has 1 unspecified atom stereocenters. The van der Waals surface area contributed by atoms with Gasteiger partial charge in [0.15, 0.2) is 0 Å². The van der Waals surface area contributed by atoms with E-state index in [4.69, 9.17) is 5.73 Å². The van der Waals surface area contributed by atoms with Crippen LogP contribution in [0.5, 0.6) is 0 Å².